The van der Waals surface area contributed by atoms with Gasteiger partial charge in [0.25, 0.3) is 0 Å². The number of amides is 1. The highest BCUT2D eigenvalue weighted by molar-refractivity contribution is 5.81. The minimum absolute atomic E-state index is 0.0973. The topological polar surface area (TPSA) is 64.3 Å². The summed E-state index contributed by atoms with van der Waals surface area (Å²) in [5, 5.41) is 2.84. The van der Waals surface area contributed by atoms with E-state index in [0.717, 1.165) is 17.7 Å². The van der Waals surface area contributed by atoms with E-state index < -0.39 is 6.04 Å². The van der Waals surface area contributed by atoms with Crippen molar-refractivity contribution in [1.82, 2.24) is 5.32 Å². The van der Waals surface area contributed by atoms with E-state index in [1.165, 1.54) is 0 Å². The Morgan fingerprint density at radius 1 is 1.39 bits per heavy atom. The lowest BCUT2D eigenvalue weighted by Gasteiger charge is -2.15. The van der Waals surface area contributed by atoms with Gasteiger partial charge < -0.3 is 15.8 Å². The normalized spacial score (nSPS) is 12.3. The van der Waals surface area contributed by atoms with E-state index in [-0.39, 0.29) is 11.8 Å². The number of rotatable bonds is 6. The molecule has 4 nitrogen and oxygen atoms in total. The first-order valence-electron chi connectivity index (χ1n) is 6.21. The van der Waals surface area contributed by atoms with E-state index in [9.17, 15) is 4.79 Å². The Morgan fingerprint density at radius 2 is 2.06 bits per heavy atom. The van der Waals surface area contributed by atoms with Crippen LogP contribution in [0.2, 0.25) is 0 Å². The van der Waals surface area contributed by atoms with Crippen LogP contribution in [0.25, 0.3) is 0 Å². The van der Waals surface area contributed by atoms with Crippen molar-refractivity contribution < 1.29 is 9.53 Å². The molecule has 0 unspecified atom stereocenters. The van der Waals surface area contributed by atoms with E-state index in [4.69, 9.17) is 10.5 Å². The lowest BCUT2D eigenvalue weighted by Crippen LogP contribution is -2.44. The number of carbonyl (C=O) groups is 1. The van der Waals surface area contributed by atoms with Crippen LogP contribution in [0.15, 0.2) is 24.3 Å². The average Bonchev–Trinajstić information content (AvgIpc) is 2.38. The van der Waals surface area contributed by atoms with Crippen molar-refractivity contribution in [3.05, 3.63) is 29.8 Å². The number of hydrogen-bond acceptors (Lipinski definition) is 3. The van der Waals surface area contributed by atoms with Gasteiger partial charge >= 0.3 is 0 Å². The van der Waals surface area contributed by atoms with Crippen LogP contribution in [-0.2, 0) is 11.2 Å². The summed E-state index contributed by atoms with van der Waals surface area (Å²) in [6.07, 6.45) is 0.737. The lowest BCUT2D eigenvalue weighted by atomic mass is 10.0. The van der Waals surface area contributed by atoms with Crippen LogP contribution >= 0.6 is 0 Å². The molecule has 0 aromatic heterocycles. The first-order chi connectivity index (χ1) is 8.56. The van der Waals surface area contributed by atoms with Gasteiger partial charge in [-0.05, 0) is 24.0 Å². The lowest BCUT2D eigenvalue weighted by molar-refractivity contribution is -0.123. The van der Waals surface area contributed by atoms with Gasteiger partial charge in [-0.2, -0.15) is 0 Å². The predicted octanol–water partition coefficient (Wildman–Crippen LogP) is 1.34. The fourth-order valence-corrected chi connectivity index (χ4v) is 1.65. The second kappa shape index (κ2) is 7.01. The summed E-state index contributed by atoms with van der Waals surface area (Å²) in [4.78, 5) is 11.7. The summed E-state index contributed by atoms with van der Waals surface area (Å²) in [6, 6.07) is 7.35. The minimum Gasteiger partial charge on any atom is -0.496 e. The Morgan fingerprint density at radius 3 is 2.67 bits per heavy atom. The molecule has 0 saturated heterocycles. The maximum atomic E-state index is 11.7. The molecule has 18 heavy (non-hydrogen) atoms. The molecule has 100 valence electrons. The number of para-hydroxylation sites is 1. The summed E-state index contributed by atoms with van der Waals surface area (Å²) in [5.74, 6) is 0.899. The molecular weight excluding hydrogens is 228 g/mol. The number of carbonyl (C=O) groups excluding carboxylic acids is 1. The molecule has 1 aromatic rings. The highest BCUT2D eigenvalue weighted by Gasteiger charge is 2.16. The predicted molar refractivity (Wildman–Crippen MR) is 72.5 cm³/mol. The number of methoxy groups -OCH3 is 1. The van der Waals surface area contributed by atoms with Gasteiger partial charge in [0.15, 0.2) is 0 Å². The maximum absolute atomic E-state index is 11.7. The Balaban J connectivity index is 2.44. The molecule has 1 atom stereocenters. The van der Waals surface area contributed by atoms with Crippen molar-refractivity contribution in [2.75, 3.05) is 13.7 Å². The molecule has 0 fully saturated rings. The molecule has 4 heteroatoms. The van der Waals surface area contributed by atoms with Crippen LogP contribution in [0.4, 0.5) is 0 Å². The molecule has 1 rings (SSSR count). The first kappa shape index (κ1) is 14.5. The Hall–Kier alpha value is -1.55. The fourth-order valence-electron chi connectivity index (χ4n) is 1.65. The van der Waals surface area contributed by atoms with Crippen LogP contribution < -0.4 is 15.8 Å². The van der Waals surface area contributed by atoms with Crippen molar-refractivity contribution in [3.8, 4) is 5.75 Å². The quantitative estimate of drug-likeness (QED) is 0.800. The van der Waals surface area contributed by atoms with Crippen LogP contribution in [0.3, 0.4) is 0 Å². The minimum atomic E-state index is -0.442. The first-order valence-corrected chi connectivity index (χ1v) is 6.21. The zero-order chi connectivity index (χ0) is 13.5. The number of hydrogen-bond donors (Lipinski definition) is 2. The van der Waals surface area contributed by atoms with Crippen molar-refractivity contribution >= 4 is 5.91 Å². The number of nitrogens with two attached hydrogens (primary N) is 1. The molecule has 0 saturated carbocycles. The second-order valence-corrected chi connectivity index (χ2v) is 4.62. The van der Waals surface area contributed by atoms with Crippen molar-refractivity contribution in [3.63, 3.8) is 0 Å². The molecule has 3 N–H and O–H groups in total. The van der Waals surface area contributed by atoms with Crippen molar-refractivity contribution in [2.45, 2.75) is 26.3 Å². The van der Waals surface area contributed by atoms with Gasteiger partial charge in [0.05, 0.1) is 13.2 Å². The number of ether oxygens (including phenoxy) is 1. The van der Waals surface area contributed by atoms with Gasteiger partial charge in [0.1, 0.15) is 5.75 Å². The molecule has 1 amide bonds. The monoisotopic (exact) mass is 250 g/mol. The molecule has 0 bridgehead atoms. The number of benzene rings is 1. The average molecular weight is 250 g/mol. The molecule has 0 aliphatic heterocycles. The molecule has 1 aromatic carbocycles. The molecular formula is C14H22N2O2. The zero-order valence-electron chi connectivity index (χ0n) is 11.3. The standard InChI is InChI=1S/C14H22N2O2/c1-10(2)13(15)14(17)16-9-8-11-6-4-5-7-12(11)18-3/h4-7,10,13H,8-9,15H2,1-3H3,(H,16,17)/t13-/m1/s1. The largest absolute Gasteiger partial charge is 0.496 e. The van der Waals surface area contributed by atoms with Gasteiger partial charge in [0.2, 0.25) is 5.91 Å². The van der Waals surface area contributed by atoms with Crippen LogP contribution in [0.1, 0.15) is 19.4 Å². The zero-order valence-corrected chi connectivity index (χ0v) is 11.3. The van der Waals surface area contributed by atoms with E-state index in [0.29, 0.717) is 6.54 Å². The maximum Gasteiger partial charge on any atom is 0.237 e. The van der Waals surface area contributed by atoms with Crippen molar-refractivity contribution in [1.29, 1.82) is 0 Å². The smallest absolute Gasteiger partial charge is 0.237 e. The van der Waals surface area contributed by atoms with Crippen molar-refractivity contribution in [2.24, 2.45) is 11.7 Å². The third-order valence-corrected chi connectivity index (χ3v) is 2.91. The van der Waals surface area contributed by atoms with E-state index in [1.54, 1.807) is 7.11 Å². The molecule has 0 heterocycles. The highest BCUT2D eigenvalue weighted by Crippen LogP contribution is 2.17. The summed E-state index contributed by atoms with van der Waals surface area (Å²) in [7, 11) is 1.64. The fraction of sp³-hybridized carbons (Fsp3) is 0.500. The van der Waals surface area contributed by atoms with Crippen LogP contribution in [0.5, 0.6) is 5.75 Å². The summed E-state index contributed by atoms with van der Waals surface area (Å²) < 4.78 is 5.25. The van der Waals surface area contributed by atoms with Gasteiger partial charge in [-0.3, -0.25) is 4.79 Å². The third-order valence-electron chi connectivity index (χ3n) is 2.91. The SMILES string of the molecule is COc1ccccc1CCNC(=O)[C@H](N)C(C)C. The highest BCUT2D eigenvalue weighted by atomic mass is 16.5. The molecule has 0 aliphatic rings. The van der Waals surface area contributed by atoms with Crippen LogP contribution in [-0.4, -0.2) is 25.6 Å². The second-order valence-electron chi connectivity index (χ2n) is 4.62. The van der Waals surface area contributed by atoms with Crippen LogP contribution in [0, 0.1) is 5.92 Å². The Bertz CT molecular complexity index is 391. The molecule has 0 aliphatic carbocycles. The van der Waals surface area contributed by atoms with E-state index >= 15 is 0 Å². The van der Waals surface area contributed by atoms with Gasteiger partial charge in [-0.1, -0.05) is 32.0 Å². The summed E-state index contributed by atoms with van der Waals surface area (Å²) in [6.45, 7) is 4.44. The molecule has 0 spiro atoms. The summed E-state index contributed by atoms with van der Waals surface area (Å²) in [5.41, 5.74) is 6.84. The van der Waals surface area contributed by atoms with E-state index in [1.807, 2.05) is 38.1 Å². The molecule has 0 radical (unpaired) electrons. The van der Waals surface area contributed by atoms with Gasteiger partial charge in [0, 0.05) is 6.54 Å². The Labute approximate surface area is 109 Å². The van der Waals surface area contributed by atoms with E-state index in [2.05, 4.69) is 5.32 Å². The van der Waals surface area contributed by atoms with Gasteiger partial charge in [-0.15, -0.1) is 0 Å². The Kier molecular flexibility index (Phi) is 5.65. The third kappa shape index (κ3) is 4.04. The summed E-state index contributed by atoms with van der Waals surface area (Å²) >= 11 is 0. The number of nitrogens with one attached hydrogen (secondary N) is 1. The van der Waals surface area contributed by atoms with Gasteiger partial charge in [-0.25, -0.2) is 0 Å².